The van der Waals surface area contributed by atoms with Gasteiger partial charge in [0, 0.05) is 25.2 Å². The molecule has 1 N–H and O–H groups in total. The molecule has 7 heteroatoms. The van der Waals surface area contributed by atoms with E-state index in [9.17, 15) is 9.59 Å². The molecule has 1 fully saturated rings. The van der Waals surface area contributed by atoms with Crippen molar-refractivity contribution in [2.45, 2.75) is 31.2 Å². The Morgan fingerprint density at radius 1 is 1.55 bits per heavy atom. The second-order valence-electron chi connectivity index (χ2n) is 4.98. The van der Waals surface area contributed by atoms with Crippen LogP contribution in [0.2, 0.25) is 0 Å². The fraction of sp³-hybridized carbons (Fsp3) is 0.615. The van der Waals surface area contributed by atoms with Crippen LogP contribution in [0.4, 0.5) is 5.13 Å². The van der Waals surface area contributed by atoms with Crippen LogP contribution in [0.25, 0.3) is 0 Å². The van der Waals surface area contributed by atoms with Gasteiger partial charge in [-0.05, 0) is 19.8 Å². The minimum absolute atomic E-state index is 0.0401. The van der Waals surface area contributed by atoms with E-state index in [-0.39, 0.29) is 5.91 Å². The summed E-state index contributed by atoms with van der Waals surface area (Å²) in [5.74, 6) is -0.446. The van der Waals surface area contributed by atoms with Gasteiger partial charge in [-0.3, -0.25) is 4.79 Å². The maximum atomic E-state index is 12.7. The van der Waals surface area contributed by atoms with Gasteiger partial charge in [0.25, 0.3) is 0 Å². The third kappa shape index (κ3) is 2.37. The third-order valence-corrected chi connectivity index (χ3v) is 5.01. The van der Waals surface area contributed by atoms with Crippen molar-refractivity contribution < 1.29 is 14.3 Å². The molecule has 1 amide bonds. The molecule has 1 aliphatic carbocycles. The summed E-state index contributed by atoms with van der Waals surface area (Å²) in [6.45, 7) is 1.67. The first kappa shape index (κ1) is 14.8. The summed E-state index contributed by atoms with van der Waals surface area (Å²) < 4.78 is 4.69. The van der Waals surface area contributed by atoms with Crippen molar-refractivity contribution in [1.82, 2.24) is 9.88 Å². The Labute approximate surface area is 122 Å². The number of aromatic nitrogens is 1. The molecule has 0 radical (unpaired) electrons. The zero-order chi connectivity index (χ0) is 14.9. The molecule has 1 aliphatic rings. The summed E-state index contributed by atoms with van der Waals surface area (Å²) in [4.78, 5) is 30.9. The number of methoxy groups -OCH3 is 1. The van der Waals surface area contributed by atoms with Crippen molar-refractivity contribution in [2.24, 2.45) is 0 Å². The number of rotatable bonds is 5. The van der Waals surface area contributed by atoms with Crippen LogP contribution in [-0.4, -0.2) is 49.0 Å². The molecule has 0 bridgehead atoms. The van der Waals surface area contributed by atoms with Crippen LogP contribution in [0.3, 0.4) is 0 Å². The molecule has 6 nitrogen and oxygen atoms in total. The summed E-state index contributed by atoms with van der Waals surface area (Å²) >= 11 is 1.49. The number of amides is 1. The summed E-state index contributed by atoms with van der Waals surface area (Å²) in [5, 5.41) is 3.77. The monoisotopic (exact) mass is 297 g/mol. The molecule has 0 spiro atoms. The highest BCUT2D eigenvalue weighted by Gasteiger charge is 2.54. The van der Waals surface area contributed by atoms with Gasteiger partial charge in [-0.15, -0.1) is 11.3 Å². The SMILES string of the molecule is CNc1ncc(C2(C(=O)N(C)C(C)C(=O)OC)CC2)s1. The number of hydrogen-bond donors (Lipinski definition) is 1. The molecule has 1 atom stereocenters. The van der Waals surface area contributed by atoms with Crippen molar-refractivity contribution in [3.05, 3.63) is 11.1 Å². The molecule has 0 saturated heterocycles. The normalized spacial score (nSPS) is 17.2. The van der Waals surface area contributed by atoms with Crippen LogP contribution in [0.1, 0.15) is 24.6 Å². The number of ether oxygens (including phenoxy) is 1. The van der Waals surface area contributed by atoms with Crippen LogP contribution in [0, 0.1) is 0 Å². The van der Waals surface area contributed by atoms with E-state index in [1.807, 2.05) is 0 Å². The van der Waals surface area contributed by atoms with Crippen LogP contribution in [0.5, 0.6) is 0 Å². The predicted molar refractivity (Wildman–Crippen MR) is 76.8 cm³/mol. The quantitative estimate of drug-likeness (QED) is 0.828. The Balaban J connectivity index is 2.17. The number of nitrogens with zero attached hydrogens (tertiary/aromatic N) is 2. The molecular formula is C13H19N3O3S. The van der Waals surface area contributed by atoms with Crippen LogP contribution < -0.4 is 5.32 Å². The van der Waals surface area contributed by atoms with Gasteiger partial charge in [0.05, 0.1) is 12.5 Å². The zero-order valence-corrected chi connectivity index (χ0v) is 12.9. The summed E-state index contributed by atoms with van der Waals surface area (Å²) in [7, 11) is 4.77. The van der Waals surface area contributed by atoms with E-state index in [1.54, 1.807) is 27.2 Å². The van der Waals surface area contributed by atoms with E-state index in [4.69, 9.17) is 4.74 Å². The first-order valence-electron chi connectivity index (χ1n) is 6.45. The molecule has 110 valence electrons. The Morgan fingerprint density at radius 3 is 2.65 bits per heavy atom. The Morgan fingerprint density at radius 2 is 2.20 bits per heavy atom. The Hall–Kier alpha value is -1.63. The molecule has 1 aromatic heterocycles. The highest BCUT2D eigenvalue weighted by Crippen LogP contribution is 2.52. The van der Waals surface area contributed by atoms with Crippen LogP contribution in [-0.2, 0) is 19.7 Å². The maximum Gasteiger partial charge on any atom is 0.328 e. The van der Waals surface area contributed by atoms with E-state index in [0.29, 0.717) is 0 Å². The molecule has 1 aromatic rings. The van der Waals surface area contributed by atoms with Crippen LogP contribution >= 0.6 is 11.3 Å². The van der Waals surface area contributed by atoms with Crippen molar-refractivity contribution in [1.29, 1.82) is 0 Å². The number of anilines is 1. The lowest BCUT2D eigenvalue weighted by atomic mass is 10.0. The number of carbonyl (C=O) groups is 2. The largest absolute Gasteiger partial charge is 0.467 e. The number of carbonyl (C=O) groups excluding carboxylic acids is 2. The highest BCUT2D eigenvalue weighted by molar-refractivity contribution is 7.15. The van der Waals surface area contributed by atoms with E-state index >= 15 is 0 Å². The summed E-state index contributed by atoms with van der Waals surface area (Å²) in [5.41, 5.74) is -0.496. The van der Waals surface area contributed by atoms with Gasteiger partial charge < -0.3 is 15.0 Å². The minimum atomic E-state index is -0.582. The molecule has 20 heavy (non-hydrogen) atoms. The average Bonchev–Trinajstić information content (AvgIpc) is 3.14. The van der Waals surface area contributed by atoms with Gasteiger partial charge in [-0.1, -0.05) is 0 Å². The molecule has 1 heterocycles. The Kier molecular flexibility index (Phi) is 3.99. The lowest BCUT2D eigenvalue weighted by Gasteiger charge is -2.26. The second-order valence-corrected chi connectivity index (χ2v) is 6.01. The van der Waals surface area contributed by atoms with Gasteiger partial charge in [0.1, 0.15) is 6.04 Å². The third-order valence-electron chi connectivity index (χ3n) is 3.79. The topological polar surface area (TPSA) is 71.5 Å². The summed E-state index contributed by atoms with van der Waals surface area (Å²) in [6, 6.07) is -0.582. The first-order valence-corrected chi connectivity index (χ1v) is 7.27. The molecule has 1 unspecified atom stereocenters. The van der Waals surface area contributed by atoms with Gasteiger partial charge in [-0.25, -0.2) is 9.78 Å². The molecule has 2 rings (SSSR count). The van der Waals surface area contributed by atoms with Gasteiger partial charge in [-0.2, -0.15) is 0 Å². The number of likely N-dealkylation sites (N-methyl/N-ethyl adjacent to an activating group) is 1. The van der Waals surface area contributed by atoms with Gasteiger partial charge >= 0.3 is 5.97 Å². The van der Waals surface area contributed by atoms with Gasteiger partial charge in [0.15, 0.2) is 5.13 Å². The highest BCUT2D eigenvalue weighted by atomic mass is 32.1. The smallest absolute Gasteiger partial charge is 0.328 e. The van der Waals surface area contributed by atoms with Crippen molar-refractivity contribution in [3.8, 4) is 0 Å². The number of nitrogens with one attached hydrogen (secondary N) is 1. The van der Waals surface area contributed by atoms with Crippen molar-refractivity contribution in [3.63, 3.8) is 0 Å². The van der Waals surface area contributed by atoms with Crippen molar-refractivity contribution >= 4 is 28.3 Å². The number of thiazole rings is 1. The molecule has 0 aromatic carbocycles. The lowest BCUT2D eigenvalue weighted by molar-refractivity contribution is -0.151. The molecule has 1 saturated carbocycles. The Bertz CT molecular complexity index is 525. The maximum absolute atomic E-state index is 12.7. The lowest BCUT2D eigenvalue weighted by Crippen LogP contribution is -2.45. The fourth-order valence-corrected chi connectivity index (χ4v) is 3.15. The molecule has 0 aliphatic heterocycles. The minimum Gasteiger partial charge on any atom is -0.467 e. The van der Waals surface area contributed by atoms with E-state index < -0.39 is 17.4 Å². The van der Waals surface area contributed by atoms with E-state index in [2.05, 4.69) is 10.3 Å². The average molecular weight is 297 g/mol. The fourth-order valence-electron chi connectivity index (χ4n) is 2.14. The van der Waals surface area contributed by atoms with Crippen LogP contribution in [0.15, 0.2) is 6.20 Å². The number of hydrogen-bond acceptors (Lipinski definition) is 6. The predicted octanol–water partition coefficient (Wildman–Crippen LogP) is 1.24. The van der Waals surface area contributed by atoms with E-state index in [1.165, 1.54) is 23.3 Å². The van der Waals surface area contributed by atoms with E-state index in [0.717, 1.165) is 22.9 Å². The number of esters is 1. The second kappa shape index (κ2) is 5.40. The van der Waals surface area contributed by atoms with Gasteiger partial charge in [0.2, 0.25) is 5.91 Å². The van der Waals surface area contributed by atoms with Crippen molar-refractivity contribution in [2.75, 3.05) is 26.5 Å². The first-order chi connectivity index (χ1) is 9.46. The zero-order valence-electron chi connectivity index (χ0n) is 12.1. The standard InChI is InChI=1S/C13H19N3O3S/c1-8(10(17)19-4)16(3)11(18)13(5-6-13)9-7-15-12(14-2)20-9/h7-8H,5-6H2,1-4H3,(H,14,15). The molecular weight excluding hydrogens is 278 g/mol. The summed E-state index contributed by atoms with van der Waals surface area (Å²) in [6.07, 6.45) is 3.35.